The molecule has 0 atom stereocenters. The fourth-order valence-electron chi connectivity index (χ4n) is 3.31. The number of fused-ring (bicyclic) bond motifs is 1. The van der Waals surface area contributed by atoms with Crippen LogP contribution in [0.25, 0.3) is 0 Å². The highest BCUT2D eigenvalue weighted by Gasteiger charge is 2.28. The highest BCUT2D eigenvalue weighted by Crippen LogP contribution is 2.32. The molecule has 0 bridgehead atoms. The van der Waals surface area contributed by atoms with E-state index < -0.39 is 10.0 Å². The van der Waals surface area contributed by atoms with Crippen molar-refractivity contribution in [3.63, 3.8) is 0 Å². The number of piperazine rings is 1. The minimum Gasteiger partial charge on any atom is -0.454 e. The van der Waals surface area contributed by atoms with Gasteiger partial charge >= 0.3 is 0 Å². The second-order valence-electron chi connectivity index (χ2n) is 6.94. The Bertz CT molecular complexity index is 1050. The summed E-state index contributed by atoms with van der Waals surface area (Å²) >= 11 is 0. The number of nitrogens with one attached hydrogen (secondary N) is 1. The molecule has 0 aromatic heterocycles. The van der Waals surface area contributed by atoms with Crippen LogP contribution in [0.4, 0.5) is 0 Å². The van der Waals surface area contributed by atoms with Gasteiger partial charge in [-0.1, -0.05) is 6.07 Å². The van der Waals surface area contributed by atoms with Gasteiger partial charge in [0.2, 0.25) is 23.2 Å². The summed E-state index contributed by atoms with van der Waals surface area (Å²) in [4.78, 5) is 24.9. The molecule has 2 aliphatic heterocycles. The molecule has 2 amide bonds. The second-order valence-corrected chi connectivity index (χ2v) is 8.88. The minimum atomic E-state index is -3.66. The Balaban J connectivity index is 1.38. The Morgan fingerprint density at radius 2 is 1.70 bits per heavy atom. The molecule has 10 heteroatoms. The lowest BCUT2D eigenvalue weighted by Crippen LogP contribution is -2.47. The molecule has 0 radical (unpaired) electrons. The Morgan fingerprint density at radius 3 is 2.40 bits per heavy atom. The second kappa shape index (κ2) is 8.33. The molecule has 158 valence electrons. The molecule has 1 fully saturated rings. The normalized spacial score (nSPS) is 16.3. The zero-order valence-electron chi connectivity index (χ0n) is 16.1. The first-order chi connectivity index (χ1) is 14.5. The number of carbonyl (C=O) groups is 2. The fourth-order valence-corrected chi connectivity index (χ4v) is 4.73. The van der Waals surface area contributed by atoms with Gasteiger partial charge in [-0.3, -0.25) is 9.59 Å². The molecule has 0 aliphatic carbocycles. The largest absolute Gasteiger partial charge is 0.454 e. The van der Waals surface area contributed by atoms with Crippen molar-refractivity contribution in [2.45, 2.75) is 11.4 Å². The van der Waals surface area contributed by atoms with Crippen molar-refractivity contribution in [2.75, 3.05) is 33.0 Å². The van der Waals surface area contributed by atoms with Crippen molar-refractivity contribution in [3.8, 4) is 11.5 Å². The van der Waals surface area contributed by atoms with Crippen LogP contribution >= 0.6 is 0 Å². The van der Waals surface area contributed by atoms with Gasteiger partial charge in [-0.15, -0.1) is 0 Å². The van der Waals surface area contributed by atoms with Crippen molar-refractivity contribution in [2.24, 2.45) is 0 Å². The Labute approximate surface area is 174 Å². The topological polar surface area (TPSA) is 105 Å². The molecular weight excluding hydrogens is 410 g/mol. The highest BCUT2D eigenvalue weighted by atomic mass is 32.2. The summed E-state index contributed by atoms with van der Waals surface area (Å²) in [6.07, 6.45) is 0.723. The third kappa shape index (κ3) is 4.10. The van der Waals surface area contributed by atoms with Gasteiger partial charge in [0.1, 0.15) is 0 Å². The van der Waals surface area contributed by atoms with Gasteiger partial charge in [0.25, 0.3) is 5.91 Å². The molecule has 9 nitrogen and oxygen atoms in total. The molecule has 2 aromatic rings. The van der Waals surface area contributed by atoms with E-state index in [0.717, 1.165) is 12.0 Å². The van der Waals surface area contributed by atoms with E-state index in [1.54, 1.807) is 11.0 Å². The first-order valence-electron chi connectivity index (χ1n) is 9.44. The van der Waals surface area contributed by atoms with Crippen LogP contribution in [-0.2, 0) is 21.4 Å². The third-order valence-electron chi connectivity index (χ3n) is 5.07. The average molecular weight is 431 g/mol. The van der Waals surface area contributed by atoms with Crippen LogP contribution in [0, 0.1) is 0 Å². The van der Waals surface area contributed by atoms with Crippen molar-refractivity contribution < 1.29 is 27.5 Å². The van der Waals surface area contributed by atoms with Crippen molar-refractivity contribution in [1.82, 2.24) is 14.5 Å². The average Bonchev–Trinajstić information content (AvgIpc) is 3.25. The molecule has 0 spiro atoms. The number of sulfonamides is 1. The van der Waals surface area contributed by atoms with E-state index in [0.29, 0.717) is 36.7 Å². The first kappa shape index (κ1) is 20.2. The maximum absolute atomic E-state index is 12.8. The number of hydrogen-bond acceptors (Lipinski definition) is 6. The molecule has 0 saturated carbocycles. The lowest BCUT2D eigenvalue weighted by atomic mass is 10.2. The predicted molar refractivity (Wildman–Crippen MR) is 107 cm³/mol. The van der Waals surface area contributed by atoms with Gasteiger partial charge in [0.05, 0.1) is 4.90 Å². The van der Waals surface area contributed by atoms with E-state index in [9.17, 15) is 18.0 Å². The maximum atomic E-state index is 12.8. The maximum Gasteiger partial charge on any atom is 0.251 e. The van der Waals surface area contributed by atoms with Crippen LogP contribution in [0.15, 0.2) is 47.4 Å². The number of nitrogens with zero attached hydrogens (tertiary/aromatic N) is 2. The fraction of sp³-hybridized carbons (Fsp3) is 0.300. The highest BCUT2D eigenvalue weighted by molar-refractivity contribution is 7.89. The van der Waals surface area contributed by atoms with Crippen LogP contribution in [0.3, 0.4) is 0 Å². The van der Waals surface area contributed by atoms with E-state index >= 15 is 0 Å². The van der Waals surface area contributed by atoms with Gasteiger partial charge < -0.3 is 19.7 Å². The van der Waals surface area contributed by atoms with Crippen LogP contribution in [0.5, 0.6) is 11.5 Å². The summed E-state index contributed by atoms with van der Waals surface area (Å²) in [5, 5.41) is 2.81. The van der Waals surface area contributed by atoms with Crippen molar-refractivity contribution >= 4 is 22.3 Å². The molecular formula is C20H21N3O6S. The molecule has 0 unspecified atom stereocenters. The smallest absolute Gasteiger partial charge is 0.251 e. The third-order valence-corrected chi connectivity index (χ3v) is 6.98. The zero-order chi connectivity index (χ0) is 21.1. The standard InChI is InChI=1S/C20H21N3O6S/c24-13-22-7-9-23(10-8-22)30(26,27)17-4-2-16(3-5-17)20(25)21-12-15-1-6-18-19(11-15)29-14-28-18/h1-6,11,13H,7-10,12,14H2,(H,21,25). The molecule has 2 aromatic carbocycles. The van der Waals surface area contributed by atoms with Crippen LogP contribution < -0.4 is 14.8 Å². The Hall–Kier alpha value is -3.11. The summed E-state index contributed by atoms with van der Waals surface area (Å²) in [5.41, 5.74) is 1.22. The van der Waals surface area contributed by atoms with E-state index in [2.05, 4.69) is 5.32 Å². The van der Waals surface area contributed by atoms with Crippen molar-refractivity contribution in [1.29, 1.82) is 0 Å². The number of benzene rings is 2. The summed E-state index contributed by atoms with van der Waals surface area (Å²) in [7, 11) is -3.66. The van der Waals surface area contributed by atoms with Crippen LogP contribution in [0.2, 0.25) is 0 Å². The number of ether oxygens (including phenoxy) is 2. The SMILES string of the molecule is O=CN1CCN(S(=O)(=O)c2ccc(C(=O)NCc3ccc4c(c3)OCO4)cc2)CC1. The summed E-state index contributed by atoms with van der Waals surface area (Å²) in [6.45, 7) is 1.72. The van der Waals surface area contributed by atoms with E-state index in [-0.39, 0.29) is 30.7 Å². The van der Waals surface area contributed by atoms with Gasteiger partial charge in [-0.2, -0.15) is 4.31 Å². The molecule has 4 rings (SSSR count). The minimum absolute atomic E-state index is 0.120. The molecule has 2 heterocycles. The quantitative estimate of drug-likeness (QED) is 0.679. The molecule has 1 N–H and O–H groups in total. The van der Waals surface area contributed by atoms with Gasteiger partial charge in [0.15, 0.2) is 11.5 Å². The summed E-state index contributed by atoms with van der Waals surface area (Å²) in [6, 6.07) is 11.3. The van der Waals surface area contributed by atoms with Gasteiger partial charge in [0, 0.05) is 38.3 Å². The van der Waals surface area contributed by atoms with Crippen LogP contribution in [0.1, 0.15) is 15.9 Å². The number of amides is 2. The van der Waals surface area contributed by atoms with E-state index in [1.807, 2.05) is 12.1 Å². The number of carbonyl (C=O) groups excluding carboxylic acids is 2. The first-order valence-corrected chi connectivity index (χ1v) is 10.9. The van der Waals surface area contributed by atoms with Crippen LogP contribution in [-0.4, -0.2) is 62.9 Å². The number of hydrogen-bond donors (Lipinski definition) is 1. The van der Waals surface area contributed by atoms with Crippen molar-refractivity contribution in [3.05, 3.63) is 53.6 Å². The zero-order valence-corrected chi connectivity index (χ0v) is 16.9. The van der Waals surface area contributed by atoms with Gasteiger partial charge in [-0.25, -0.2) is 8.42 Å². The monoisotopic (exact) mass is 431 g/mol. The predicted octanol–water partition coefficient (Wildman–Crippen LogP) is 0.808. The molecule has 30 heavy (non-hydrogen) atoms. The van der Waals surface area contributed by atoms with E-state index in [4.69, 9.17) is 9.47 Å². The summed E-state index contributed by atoms with van der Waals surface area (Å²) in [5.74, 6) is 1.01. The lowest BCUT2D eigenvalue weighted by Gasteiger charge is -2.31. The summed E-state index contributed by atoms with van der Waals surface area (Å²) < 4.78 is 37.5. The Morgan fingerprint density at radius 1 is 1.00 bits per heavy atom. The lowest BCUT2D eigenvalue weighted by molar-refractivity contribution is -0.119. The van der Waals surface area contributed by atoms with E-state index in [1.165, 1.54) is 28.6 Å². The Kier molecular flexibility index (Phi) is 5.60. The van der Waals surface area contributed by atoms with Gasteiger partial charge in [-0.05, 0) is 42.0 Å². The molecule has 1 saturated heterocycles. The number of rotatable bonds is 6. The molecule has 2 aliphatic rings.